The Balaban J connectivity index is 2.29. The van der Waals surface area contributed by atoms with Crippen LogP contribution in [0, 0.1) is 20.8 Å². The van der Waals surface area contributed by atoms with Gasteiger partial charge >= 0.3 is 0 Å². The van der Waals surface area contributed by atoms with Crippen molar-refractivity contribution in [1.82, 2.24) is 9.97 Å². The van der Waals surface area contributed by atoms with Gasteiger partial charge in [0.25, 0.3) is 0 Å². The van der Waals surface area contributed by atoms with E-state index in [1.54, 1.807) is 11.3 Å². The maximum Gasteiger partial charge on any atom is 0.163 e. The Labute approximate surface area is 129 Å². The average molecular weight is 297 g/mol. The molecule has 0 amide bonds. The van der Waals surface area contributed by atoms with Crippen molar-refractivity contribution in [3.05, 3.63) is 40.3 Å². The lowest BCUT2D eigenvalue weighted by Crippen LogP contribution is -2.03. The van der Waals surface area contributed by atoms with Crippen molar-refractivity contribution in [3.8, 4) is 11.4 Å². The van der Waals surface area contributed by atoms with Gasteiger partial charge in [-0.25, -0.2) is 9.97 Å². The van der Waals surface area contributed by atoms with E-state index < -0.39 is 0 Å². The third kappa shape index (κ3) is 2.40. The molecule has 108 valence electrons. The number of rotatable bonds is 3. The minimum atomic E-state index is 0.804. The van der Waals surface area contributed by atoms with Crippen molar-refractivity contribution in [2.75, 3.05) is 11.9 Å². The van der Waals surface area contributed by atoms with Crippen LogP contribution >= 0.6 is 11.3 Å². The van der Waals surface area contributed by atoms with Crippen molar-refractivity contribution >= 4 is 27.4 Å². The zero-order valence-electron chi connectivity index (χ0n) is 12.8. The van der Waals surface area contributed by atoms with E-state index in [4.69, 9.17) is 9.97 Å². The number of thiophene rings is 1. The summed E-state index contributed by atoms with van der Waals surface area (Å²) in [6, 6.07) is 8.26. The molecule has 2 aromatic heterocycles. The van der Waals surface area contributed by atoms with Crippen LogP contribution in [0.25, 0.3) is 21.6 Å². The van der Waals surface area contributed by atoms with Crippen LogP contribution < -0.4 is 5.32 Å². The Morgan fingerprint density at radius 1 is 1.10 bits per heavy atom. The molecule has 3 rings (SSSR count). The van der Waals surface area contributed by atoms with Crippen LogP contribution in [0.1, 0.15) is 22.9 Å². The highest BCUT2D eigenvalue weighted by molar-refractivity contribution is 7.18. The summed E-state index contributed by atoms with van der Waals surface area (Å²) in [7, 11) is 0. The highest BCUT2D eigenvalue weighted by Gasteiger charge is 2.15. The number of fused-ring (bicyclic) bond motifs is 1. The second-order valence-electron chi connectivity index (χ2n) is 5.20. The molecule has 3 aromatic rings. The molecule has 1 N–H and O–H groups in total. The van der Waals surface area contributed by atoms with Crippen molar-refractivity contribution in [1.29, 1.82) is 0 Å². The molecule has 0 aliphatic rings. The molecule has 0 bridgehead atoms. The van der Waals surface area contributed by atoms with Crippen LogP contribution in [0.4, 0.5) is 5.82 Å². The van der Waals surface area contributed by atoms with Gasteiger partial charge in [-0.05, 0) is 38.8 Å². The summed E-state index contributed by atoms with van der Waals surface area (Å²) in [4.78, 5) is 11.9. The zero-order valence-corrected chi connectivity index (χ0v) is 13.6. The normalized spacial score (nSPS) is 11.0. The van der Waals surface area contributed by atoms with Crippen LogP contribution in [0.2, 0.25) is 0 Å². The number of aryl methyl sites for hydroxylation is 3. The van der Waals surface area contributed by atoms with Gasteiger partial charge < -0.3 is 5.32 Å². The first-order valence-corrected chi connectivity index (χ1v) is 8.01. The monoisotopic (exact) mass is 297 g/mol. The molecule has 1 aromatic carbocycles. The molecule has 0 spiro atoms. The zero-order chi connectivity index (χ0) is 15.0. The fraction of sp³-hybridized carbons (Fsp3) is 0.294. The Hall–Kier alpha value is -1.94. The lowest BCUT2D eigenvalue weighted by molar-refractivity contribution is 1.14. The van der Waals surface area contributed by atoms with Gasteiger partial charge in [-0.3, -0.25) is 0 Å². The second-order valence-corrected chi connectivity index (χ2v) is 6.41. The first-order valence-electron chi connectivity index (χ1n) is 7.19. The van der Waals surface area contributed by atoms with Crippen LogP contribution in [0.5, 0.6) is 0 Å². The number of hydrogen-bond acceptors (Lipinski definition) is 4. The second kappa shape index (κ2) is 5.45. The van der Waals surface area contributed by atoms with Gasteiger partial charge in [0.1, 0.15) is 10.6 Å². The Bertz CT molecular complexity index is 805. The molecule has 0 aliphatic heterocycles. The number of aromatic nitrogens is 2. The summed E-state index contributed by atoms with van der Waals surface area (Å²) < 4.78 is 0. The molecule has 0 radical (unpaired) electrons. The van der Waals surface area contributed by atoms with Gasteiger partial charge in [0.15, 0.2) is 5.82 Å². The summed E-state index contributed by atoms with van der Waals surface area (Å²) in [6.45, 7) is 9.33. The fourth-order valence-corrected chi connectivity index (χ4v) is 3.52. The number of benzene rings is 1. The summed E-state index contributed by atoms with van der Waals surface area (Å²) >= 11 is 1.74. The number of hydrogen-bond donors (Lipinski definition) is 1. The van der Waals surface area contributed by atoms with Gasteiger partial charge in [-0.2, -0.15) is 0 Å². The first kappa shape index (κ1) is 14.0. The van der Waals surface area contributed by atoms with E-state index in [0.717, 1.165) is 34.0 Å². The van der Waals surface area contributed by atoms with Gasteiger partial charge in [0.2, 0.25) is 0 Å². The largest absolute Gasteiger partial charge is 0.370 e. The Morgan fingerprint density at radius 3 is 2.57 bits per heavy atom. The molecule has 3 nitrogen and oxygen atoms in total. The van der Waals surface area contributed by atoms with E-state index in [9.17, 15) is 0 Å². The lowest BCUT2D eigenvalue weighted by Gasteiger charge is -2.09. The van der Waals surface area contributed by atoms with Crippen molar-refractivity contribution < 1.29 is 0 Å². The predicted octanol–water partition coefficient (Wildman–Crippen LogP) is 4.72. The van der Waals surface area contributed by atoms with Crippen LogP contribution in [-0.2, 0) is 0 Å². The van der Waals surface area contributed by atoms with E-state index in [1.165, 1.54) is 16.0 Å². The standard InChI is InChI=1S/C17H19N3S/c1-5-18-16-14-11(3)12(4)21-17(14)20-15(19-16)13-9-7-6-8-10(13)2/h6-9H,5H2,1-4H3,(H,18,19,20). The molecule has 0 unspecified atom stereocenters. The van der Waals surface area contributed by atoms with Crippen LogP contribution in [0.3, 0.4) is 0 Å². The molecule has 21 heavy (non-hydrogen) atoms. The molecule has 0 aliphatic carbocycles. The third-order valence-corrected chi connectivity index (χ3v) is 4.86. The van der Waals surface area contributed by atoms with E-state index in [2.05, 4.69) is 45.1 Å². The molecule has 2 heterocycles. The Morgan fingerprint density at radius 2 is 1.86 bits per heavy atom. The van der Waals surface area contributed by atoms with Crippen molar-refractivity contribution in [2.45, 2.75) is 27.7 Å². The molecule has 0 saturated heterocycles. The summed E-state index contributed by atoms with van der Waals surface area (Å²) in [5.41, 5.74) is 3.58. The van der Waals surface area contributed by atoms with E-state index in [0.29, 0.717) is 0 Å². The average Bonchev–Trinajstić information content (AvgIpc) is 2.75. The molecular formula is C17H19N3S. The van der Waals surface area contributed by atoms with Crippen LogP contribution in [0.15, 0.2) is 24.3 Å². The van der Waals surface area contributed by atoms with E-state index >= 15 is 0 Å². The maximum absolute atomic E-state index is 4.80. The van der Waals surface area contributed by atoms with Gasteiger partial charge in [-0.15, -0.1) is 11.3 Å². The highest BCUT2D eigenvalue weighted by atomic mass is 32.1. The highest BCUT2D eigenvalue weighted by Crippen LogP contribution is 2.35. The van der Waals surface area contributed by atoms with E-state index in [-0.39, 0.29) is 0 Å². The third-order valence-electron chi connectivity index (χ3n) is 3.76. The smallest absolute Gasteiger partial charge is 0.163 e. The number of nitrogens with zero attached hydrogens (tertiary/aromatic N) is 2. The molecule has 0 saturated carbocycles. The summed E-state index contributed by atoms with van der Waals surface area (Å²) in [6.07, 6.45) is 0. The molecular weight excluding hydrogens is 278 g/mol. The number of anilines is 1. The minimum Gasteiger partial charge on any atom is -0.370 e. The van der Waals surface area contributed by atoms with E-state index in [1.807, 2.05) is 12.1 Å². The molecule has 0 atom stereocenters. The first-order chi connectivity index (χ1) is 10.1. The Kier molecular flexibility index (Phi) is 3.64. The summed E-state index contributed by atoms with van der Waals surface area (Å²) in [5, 5.41) is 4.55. The predicted molar refractivity (Wildman–Crippen MR) is 91.2 cm³/mol. The SMILES string of the molecule is CCNc1nc(-c2ccccc2C)nc2sc(C)c(C)c12. The topological polar surface area (TPSA) is 37.8 Å². The summed E-state index contributed by atoms with van der Waals surface area (Å²) in [5.74, 6) is 1.75. The maximum atomic E-state index is 4.80. The van der Waals surface area contributed by atoms with Crippen molar-refractivity contribution in [3.63, 3.8) is 0 Å². The lowest BCUT2D eigenvalue weighted by atomic mass is 10.1. The number of nitrogens with one attached hydrogen (secondary N) is 1. The van der Waals surface area contributed by atoms with Crippen LogP contribution in [-0.4, -0.2) is 16.5 Å². The molecule has 4 heteroatoms. The van der Waals surface area contributed by atoms with Crippen molar-refractivity contribution in [2.24, 2.45) is 0 Å². The van der Waals surface area contributed by atoms with Gasteiger partial charge in [-0.1, -0.05) is 24.3 Å². The minimum absolute atomic E-state index is 0.804. The van der Waals surface area contributed by atoms with Gasteiger partial charge in [0.05, 0.1) is 5.39 Å². The van der Waals surface area contributed by atoms with Gasteiger partial charge in [0, 0.05) is 17.0 Å². The quantitative estimate of drug-likeness (QED) is 0.760. The fourth-order valence-electron chi connectivity index (χ4n) is 2.49. The molecule has 0 fully saturated rings.